The van der Waals surface area contributed by atoms with Crippen molar-refractivity contribution in [2.75, 3.05) is 18.1 Å². The number of ether oxygens (including phenoxy) is 1. The lowest BCUT2D eigenvalue weighted by atomic mass is 10.2. The highest BCUT2D eigenvalue weighted by molar-refractivity contribution is 7.91. The molecule has 2 atom stereocenters. The first-order chi connectivity index (χ1) is 11.3. The van der Waals surface area contributed by atoms with Crippen LogP contribution in [0.3, 0.4) is 0 Å². The maximum Gasteiger partial charge on any atom is 0.331 e. The van der Waals surface area contributed by atoms with Crippen LogP contribution in [0.1, 0.15) is 25.8 Å². The molecule has 2 heterocycles. The molecule has 1 aromatic heterocycles. The Balaban J connectivity index is 1.93. The highest BCUT2D eigenvalue weighted by Crippen LogP contribution is 2.19. The van der Waals surface area contributed by atoms with Crippen LogP contribution in [0.5, 0.6) is 0 Å². The maximum atomic E-state index is 12.5. The number of carbonyl (C=O) groups is 2. The lowest BCUT2D eigenvalue weighted by molar-refractivity contribution is -0.156. The van der Waals surface area contributed by atoms with Crippen molar-refractivity contribution in [2.45, 2.75) is 32.4 Å². The largest absolute Gasteiger partial charge is 0.449 e. The van der Waals surface area contributed by atoms with E-state index in [9.17, 15) is 18.0 Å². The second kappa shape index (κ2) is 7.94. The second-order valence-corrected chi connectivity index (χ2v) is 8.66. The number of hydrogen-bond donors (Lipinski definition) is 0. The molecule has 0 spiro atoms. The smallest absolute Gasteiger partial charge is 0.331 e. The Morgan fingerprint density at radius 2 is 2.25 bits per heavy atom. The highest BCUT2D eigenvalue weighted by Gasteiger charge is 2.35. The molecule has 1 fully saturated rings. The van der Waals surface area contributed by atoms with Crippen LogP contribution in [0, 0.1) is 0 Å². The van der Waals surface area contributed by atoms with E-state index in [0.29, 0.717) is 13.0 Å². The molecule has 1 aromatic rings. The van der Waals surface area contributed by atoms with Gasteiger partial charge in [0.1, 0.15) is 0 Å². The zero-order valence-corrected chi connectivity index (χ0v) is 15.3. The van der Waals surface area contributed by atoms with Crippen LogP contribution < -0.4 is 0 Å². The minimum atomic E-state index is -3.08. The lowest BCUT2D eigenvalue weighted by Gasteiger charge is -2.29. The first-order valence-electron chi connectivity index (χ1n) is 7.74. The molecule has 1 amide bonds. The van der Waals surface area contributed by atoms with E-state index in [-0.39, 0.29) is 23.5 Å². The van der Waals surface area contributed by atoms with Crippen molar-refractivity contribution < 1.29 is 22.7 Å². The zero-order chi connectivity index (χ0) is 17.7. The summed E-state index contributed by atoms with van der Waals surface area (Å²) < 4.78 is 28.3. The molecule has 0 aliphatic carbocycles. The van der Waals surface area contributed by atoms with E-state index in [0.717, 1.165) is 5.56 Å². The van der Waals surface area contributed by atoms with Crippen LogP contribution in [0.15, 0.2) is 22.9 Å². The van der Waals surface area contributed by atoms with Crippen molar-refractivity contribution in [3.05, 3.63) is 28.5 Å². The van der Waals surface area contributed by atoms with E-state index in [1.54, 1.807) is 13.0 Å². The van der Waals surface area contributed by atoms with Gasteiger partial charge in [-0.3, -0.25) is 4.79 Å². The van der Waals surface area contributed by atoms with E-state index in [1.165, 1.54) is 29.2 Å². The molecule has 2 unspecified atom stereocenters. The SMILES string of the molecule is CCN(C(=O)C(C)OC(=O)/C=C/c1ccsc1)C1CCS(=O)(=O)C1. The standard InChI is InChI=1S/C16H21NO5S2/c1-3-17(14-7-9-24(20,21)11-14)16(19)12(2)22-15(18)5-4-13-6-8-23-10-13/h4-6,8,10,12,14H,3,7,9,11H2,1-2H3/b5-4+. The molecular weight excluding hydrogens is 350 g/mol. The fourth-order valence-corrected chi connectivity index (χ4v) is 5.01. The summed E-state index contributed by atoms with van der Waals surface area (Å²) in [6.45, 7) is 3.67. The zero-order valence-electron chi connectivity index (χ0n) is 13.7. The Morgan fingerprint density at radius 3 is 2.79 bits per heavy atom. The van der Waals surface area contributed by atoms with Crippen LogP contribution in [0.25, 0.3) is 6.08 Å². The van der Waals surface area contributed by atoms with Crippen molar-refractivity contribution in [1.29, 1.82) is 0 Å². The monoisotopic (exact) mass is 371 g/mol. The van der Waals surface area contributed by atoms with Crippen molar-refractivity contribution in [2.24, 2.45) is 0 Å². The Bertz CT molecular complexity index is 709. The molecule has 0 radical (unpaired) electrons. The van der Waals surface area contributed by atoms with Crippen LogP contribution in [-0.2, 0) is 24.2 Å². The second-order valence-electron chi connectivity index (χ2n) is 5.65. The number of rotatable bonds is 6. The highest BCUT2D eigenvalue weighted by atomic mass is 32.2. The molecule has 24 heavy (non-hydrogen) atoms. The van der Waals surface area contributed by atoms with Gasteiger partial charge in [0, 0.05) is 18.7 Å². The quantitative estimate of drug-likeness (QED) is 0.562. The summed E-state index contributed by atoms with van der Waals surface area (Å²) >= 11 is 1.52. The van der Waals surface area contributed by atoms with Crippen molar-refractivity contribution in [3.8, 4) is 0 Å². The number of amides is 1. The summed E-state index contributed by atoms with van der Waals surface area (Å²) in [6.07, 6.45) is 2.38. The summed E-state index contributed by atoms with van der Waals surface area (Å²) in [5.74, 6) is -0.890. The molecule has 132 valence electrons. The van der Waals surface area contributed by atoms with Gasteiger partial charge in [-0.25, -0.2) is 13.2 Å². The Hall–Kier alpha value is -1.67. The van der Waals surface area contributed by atoms with Crippen molar-refractivity contribution in [1.82, 2.24) is 4.90 Å². The van der Waals surface area contributed by atoms with Gasteiger partial charge in [0.05, 0.1) is 11.5 Å². The molecule has 0 aromatic carbocycles. The van der Waals surface area contributed by atoms with Crippen LogP contribution >= 0.6 is 11.3 Å². The summed E-state index contributed by atoms with van der Waals surface area (Å²) in [5.41, 5.74) is 0.891. The first kappa shape index (κ1) is 18.7. The van der Waals surface area contributed by atoms with Crippen LogP contribution in [0.4, 0.5) is 0 Å². The van der Waals surface area contributed by atoms with E-state index in [4.69, 9.17) is 4.74 Å². The fourth-order valence-electron chi connectivity index (χ4n) is 2.65. The summed E-state index contributed by atoms with van der Waals surface area (Å²) in [7, 11) is -3.08. The van der Waals surface area contributed by atoms with Gasteiger partial charge in [-0.2, -0.15) is 11.3 Å². The molecule has 0 saturated carbocycles. The summed E-state index contributed by atoms with van der Waals surface area (Å²) in [5, 5.41) is 3.78. The molecular formula is C16H21NO5S2. The van der Waals surface area contributed by atoms with Gasteiger partial charge in [0.2, 0.25) is 0 Å². The number of esters is 1. The minimum absolute atomic E-state index is 0.0225. The predicted molar refractivity (Wildman–Crippen MR) is 93.4 cm³/mol. The average Bonchev–Trinajstić information content (AvgIpc) is 3.15. The fraction of sp³-hybridized carbons (Fsp3) is 0.500. The molecule has 0 N–H and O–H groups in total. The number of hydrogen-bond acceptors (Lipinski definition) is 6. The Morgan fingerprint density at radius 1 is 1.50 bits per heavy atom. The Labute approximate surface area is 146 Å². The van der Waals surface area contributed by atoms with Gasteiger partial charge < -0.3 is 9.64 Å². The van der Waals surface area contributed by atoms with E-state index in [1.807, 2.05) is 16.8 Å². The third-order valence-corrected chi connectivity index (χ3v) is 6.32. The van der Waals surface area contributed by atoms with Crippen LogP contribution in [0.2, 0.25) is 0 Å². The third kappa shape index (κ3) is 4.91. The summed E-state index contributed by atoms with van der Waals surface area (Å²) in [4.78, 5) is 25.8. The molecule has 6 nitrogen and oxygen atoms in total. The normalized spacial score (nSPS) is 20.8. The lowest BCUT2D eigenvalue weighted by Crippen LogP contribution is -2.46. The number of thiophene rings is 1. The van der Waals surface area contributed by atoms with Gasteiger partial charge >= 0.3 is 5.97 Å². The van der Waals surface area contributed by atoms with E-state index >= 15 is 0 Å². The average molecular weight is 371 g/mol. The third-order valence-electron chi connectivity index (χ3n) is 3.87. The number of likely N-dealkylation sites (N-methyl/N-ethyl adjacent to an activating group) is 1. The van der Waals surface area contributed by atoms with Gasteiger partial charge in [0.25, 0.3) is 5.91 Å². The van der Waals surface area contributed by atoms with Crippen molar-refractivity contribution >= 4 is 39.1 Å². The molecule has 1 aliphatic rings. The van der Waals surface area contributed by atoms with E-state index < -0.39 is 21.9 Å². The number of carbonyl (C=O) groups excluding carboxylic acids is 2. The van der Waals surface area contributed by atoms with Gasteiger partial charge in [-0.1, -0.05) is 0 Å². The molecule has 2 rings (SSSR count). The Kier molecular flexibility index (Phi) is 6.17. The molecule has 1 aliphatic heterocycles. The predicted octanol–water partition coefficient (Wildman–Crippen LogP) is 1.73. The molecule has 1 saturated heterocycles. The van der Waals surface area contributed by atoms with Crippen molar-refractivity contribution in [3.63, 3.8) is 0 Å². The number of sulfone groups is 1. The summed E-state index contributed by atoms with van der Waals surface area (Å²) in [6, 6.07) is 1.53. The first-order valence-corrected chi connectivity index (χ1v) is 10.5. The molecule has 0 bridgehead atoms. The maximum absolute atomic E-state index is 12.5. The van der Waals surface area contributed by atoms with Gasteiger partial charge in [-0.05, 0) is 48.7 Å². The van der Waals surface area contributed by atoms with E-state index in [2.05, 4.69) is 0 Å². The number of nitrogens with zero attached hydrogens (tertiary/aromatic N) is 1. The van der Waals surface area contributed by atoms with Gasteiger partial charge in [0.15, 0.2) is 15.9 Å². The topological polar surface area (TPSA) is 80.8 Å². The van der Waals surface area contributed by atoms with Gasteiger partial charge in [-0.15, -0.1) is 0 Å². The minimum Gasteiger partial charge on any atom is -0.449 e. The molecule has 8 heteroatoms. The van der Waals surface area contributed by atoms with Crippen LogP contribution in [-0.4, -0.2) is 55.4 Å².